The molecule has 0 spiro atoms. The lowest BCUT2D eigenvalue weighted by Crippen LogP contribution is -2.48. The number of piperazine rings is 2. The number of carboxylic acid groups (broad SMARTS) is 2. The molecule has 14 heteroatoms. The predicted molar refractivity (Wildman–Crippen MR) is 227 cm³/mol. The fraction of sp³-hybridized carbons (Fsp3) is 0.381. The van der Waals surface area contributed by atoms with Crippen molar-refractivity contribution in [1.82, 2.24) is 19.6 Å². The number of carboxylic acids is 2. The number of nitrogens with zero attached hydrogens (tertiary/aromatic N) is 4. The van der Waals surface area contributed by atoms with Crippen LogP contribution in [0.5, 0.6) is 0 Å². The maximum absolute atomic E-state index is 10.5. The van der Waals surface area contributed by atoms with Crippen LogP contribution in [-0.4, -0.2) is 134 Å². The molecule has 0 bridgehead atoms. The molecule has 2 fully saturated rings. The molecule has 2 unspecified atom stereocenters. The zero-order valence-corrected chi connectivity index (χ0v) is 34.5. The standard InChI is InChI=1S/2C21H25ClN2O3.2ClH/c2*22-19-8-6-18(7-9-19)21(17-4-2-1-3-5-17)24-12-10-23(11-13-24)14-15-27-16-20(25)26;;/h2*1-9,21H,10-16H2,(H,25,26);2*1H. The van der Waals surface area contributed by atoms with Crippen molar-refractivity contribution in [3.8, 4) is 0 Å². The maximum atomic E-state index is 10.5. The molecule has 10 nitrogen and oxygen atoms in total. The average molecular weight is 851 g/mol. The van der Waals surface area contributed by atoms with E-state index in [0.29, 0.717) is 13.2 Å². The molecule has 2 aliphatic heterocycles. The molecule has 304 valence electrons. The summed E-state index contributed by atoms with van der Waals surface area (Å²) in [4.78, 5) is 30.6. The molecule has 0 saturated carbocycles. The topological polar surface area (TPSA) is 106 Å². The molecule has 0 aliphatic carbocycles. The number of rotatable bonds is 16. The third-order valence-corrected chi connectivity index (χ3v) is 10.2. The summed E-state index contributed by atoms with van der Waals surface area (Å²) in [7, 11) is 0. The van der Waals surface area contributed by atoms with Gasteiger partial charge in [0.1, 0.15) is 13.2 Å². The molecule has 4 aromatic rings. The lowest BCUT2D eigenvalue weighted by atomic mass is 9.96. The van der Waals surface area contributed by atoms with Gasteiger partial charge in [0.15, 0.2) is 0 Å². The quantitative estimate of drug-likeness (QED) is 0.113. The third kappa shape index (κ3) is 15.2. The Morgan fingerprint density at radius 3 is 1.11 bits per heavy atom. The fourth-order valence-electron chi connectivity index (χ4n) is 6.99. The smallest absolute Gasteiger partial charge is 0.329 e. The molecule has 2 heterocycles. The molecule has 2 atom stereocenters. The van der Waals surface area contributed by atoms with Crippen LogP contribution < -0.4 is 0 Å². The summed E-state index contributed by atoms with van der Waals surface area (Å²) in [6, 6.07) is 37.7. The highest BCUT2D eigenvalue weighted by atomic mass is 35.5. The van der Waals surface area contributed by atoms with E-state index in [1.54, 1.807) is 0 Å². The Hall–Kier alpha value is -3.26. The lowest BCUT2D eigenvalue weighted by Gasteiger charge is -2.39. The van der Waals surface area contributed by atoms with Crippen molar-refractivity contribution in [1.29, 1.82) is 0 Å². The second-order valence-electron chi connectivity index (χ2n) is 13.4. The van der Waals surface area contributed by atoms with Gasteiger partial charge in [0, 0.05) is 75.5 Å². The monoisotopic (exact) mass is 848 g/mol. The molecule has 0 amide bonds. The molecule has 2 saturated heterocycles. The zero-order chi connectivity index (χ0) is 38.1. The highest BCUT2D eigenvalue weighted by Gasteiger charge is 2.27. The van der Waals surface area contributed by atoms with Crippen LogP contribution in [0.25, 0.3) is 0 Å². The highest BCUT2D eigenvalue weighted by molar-refractivity contribution is 6.30. The van der Waals surface area contributed by atoms with Crippen molar-refractivity contribution in [2.24, 2.45) is 0 Å². The van der Waals surface area contributed by atoms with Gasteiger partial charge in [-0.2, -0.15) is 0 Å². The first-order valence-electron chi connectivity index (χ1n) is 18.4. The molecule has 0 aromatic heterocycles. The molecule has 4 aromatic carbocycles. The van der Waals surface area contributed by atoms with Crippen molar-refractivity contribution in [3.63, 3.8) is 0 Å². The van der Waals surface area contributed by atoms with Crippen LogP contribution in [0.3, 0.4) is 0 Å². The van der Waals surface area contributed by atoms with Gasteiger partial charge in [-0.25, -0.2) is 9.59 Å². The Labute approximate surface area is 352 Å². The van der Waals surface area contributed by atoms with E-state index in [0.717, 1.165) is 75.5 Å². The van der Waals surface area contributed by atoms with Crippen LogP contribution in [0.2, 0.25) is 10.0 Å². The van der Waals surface area contributed by atoms with Crippen LogP contribution in [0.4, 0.5) is 0 Å². The van der Waals surface area contributed by atoms with Crippen molar-refractivity contribution in [2.45, 2.75) is 12.1 Å². The second kappa shape index (κ2) is 25.2. The first kappa shape index (κ1) is 47.1. The zero-order valence-electron chi connectivity index (χ0n) is 31.3. The van der Waals surface area contributed by atoms with E-state index in [2.05, 4.69) is 92.4 Å². The van der Waals surface area contributed by atoms with E-state index in [-0.39, 0.29) is 50.1 Å². The highest BCUT2D eigenvalue weighted by Crippen LogP contribution is 2.32. The number of halogens is 4. The van der Waals surface area contributed by atoms with Gasteiger partial charge in [0.2, 0.25) is 0 Å². The van der Waals surface area contributed by atoms with Gasteiger partial charge in [-0.3, -0.25) is 19.6 Å². The first-order valence-corrected chi connectivity index (χ1v) is 19.1. The van der Waals surface area contributed by atoms with E-state index in [1.165, 1.54) is 22.3 Å². The van der Waals surface area contributed by atoms with Crippen molar-refractivity contribution in [2.75, 3.05) is 91.9 Å². The van der Waals surface area contributed by atoms with E-state index < -0.39 is 11.9 Å². The number of ether oxygens (including phenoxy) is 2. The van der Waals surface area contributed by atoms with Gasteiger partial charge in [0.05, 0.1) is 25.3 Å². The summed E-state index contributed by atoms with van der Waals surface area (Å²) in [6.07, 6.45) is 0. The van der Waals surface area contributed by atoms with Crippen LogP contribution in [0, 0.1) is 0 Å². The van der Waals surface area contributed by atoms with Gasteiger partial charge in [-0.15, -0.1) is 24.8 Å². The predicted octanol–water partition coefficient (Wildman–Crippen LogP) is 7.14. The van der Waals surface area contributed by atoms with Crippen LogP contribution in [0.1, 0.15) is 34.3 Å². The van der Waals surface area contributed by atoms with E-state index in [4.69, 9.17) is 42.9 Å². The molecular formula is C42H52Cl4N4O6. The normalized spacial score (nSPS) is 16.3. The first-order chi connectivity index (χ1) is 26.3. The minimum Gasteiger partial charge on any atom is -0.480 e. The summed E-state index contributed by atoms with van der Waals surface area (Å²) < 4.78 is 10.3. The Balaban J connectivity index is 0.000000290. The number of carbonyl (C=O) groups is 2. The molecule has 2 N–H and O–H groups in total. The van der Waals surface area contributed by atoms with Gasteiger partial charge in [0.25, 0.3) is 0 Å². The Morgan fingerprint density at radius 2 is 0.804 bits per heavy atom. The number of benzene rings is 4. The fourth-order valence-corrected chi connectivity index (χ4v) is 7.24. The second-order valence-corrected chi connectivity index (χ2v) is 14.3. The molecular weight excluding hydrogens is 798 g/mol. The van der Waals surface area contributed by atoms with E-state index >= 15 is 0 Å². The van der Waals surface area contributed by atoms with Crippen molar-refractivity contribution >= 4 is 60.0 Å². The lowest BCUT2D eigenvalue weighted by molar-refractivity contribution is -0.143. The summed E-state index contributed by atoms with van der Waals surface area (Å²) in [6.45, 7) is 9.50. The summed E-state index contributed by atoms with van der Waals surface area (Å²) in [5.74, 6) is -1.85. The van der Waals surface area contributed by atoms with Crippen LogP contribution in [-0.2, 0) is 19.1 Å². The molecule has 0 radical (unpaired) electrons. The number of hydrogen-bond donors (Lipinski definition) is 2. The third-order valence-electron chi connectivity index (χ3n) is 9.70. The van der Waals surface area contributed by atoms with E-state index in [1.807, 2.05) is 36.4 Å². The van der Waals surface area contributed by atoms with Gasteiger partial charge >= 0.3 is 11.9 Å². The number of hydrogen-bond acceptors (Lipinski definition) is 8. The van der Waals surface area contributed by atoms with Gasteiger partial charge in [-0.05, 0) is 46.5 Å². The Kier molecular flexibility index (Phi) is 21.2. The Morgan fingerprint density at radius 1 is 0.500 bits per heavy atom. The Bertz CT molecular complexity index is 1570. The number of aliphatic carboxylic acids is 2. The van der Waals surface area contributed by atoms with Crippen molar-refractivity contribution in [3.05, 3.63) is 141 Å². The molecule has 2 aliphatic rings. The maximum Gasteiger partial charge on any atom is 0.329 e. The largest absolute Gasteiger partial charge is 0.480 e. The molecule has 56 heavy (non-hydrogen) atoms. The van der Waals surface area contributed by atoms with Crippen LogP contribution >= 0.6 is 48.0 Å². The summed E-state index contributed by atoms with van der Waals surface area (Å²) in [5, 5.41) is 18.7. The molecule has 6 rings (SSSR count). The summed E-state index contributed by atoms with van der Waals surface area (Å²) in [5.41, 5.74) is 5.03. The van der Waals surface area contributed by atoms with E-state index in [9.17, 15) is 9.59 Å². The summed E-state index contributed by atoms with van der Waals surface area (Å²) >= 11 is 12.2. The van der Waals surface area contributed by atoms with Crippen molar-refractivity contribution < 1.29 is 29.3 Å². The van der Waals surface area contributed by atoms with Gasteiger partial charge in [-0.1, -0.05) is 108 Å². The minimum atomic E-state index is -0.923. The van der Waals surface area contributed by atoms with Gasteiger partial charge < -0.3 is 19.7 Å². The minimum absolute atomic E-state index is 0. The van der Waals surface area contributed by atoms with Crippen LogP contribution in [0.15, 0.2) is 109 Å². The SMILES string of the molecule is Cl.Cl.O=C(O)COCCN1CCN(C(c2ccccc2)c2ccc(Cl)cc2)CC1.O=C(O)COCCN1CCN(C(c2ccccc2)c2ccc(Cl)cc2)CC1. The average Bonchev–Trinajstić information content (AvgIpc) is 3.19.